The fourth-order valence-corrected chi connectivity index (χ4v) is 4.41. The van der Waals surface area contributed by atoms with Crippen LogP contribution in [0.5, 0.6) is 11.5 Å². The number of aryl methyl sites for hydroxylation is 2. The van der Waals surface area contributed by atoms with Gasteiger partial charge in [-0.3, -0.25) is 4.79 Å². The second-order valence-corrected chi connectivity index (χ2v) is 9.63. The third-order valence-corrected chi connectivity index (χ3v) is 6.33. The Morgan fingerprint density at radius 2 is 1.79 bits per heavy atom. The van der Waals surface area contributed by atoms with Gasteiger partial charge in [0.15, 0.2) is 18.1 Å². The largest absolute Gasteiger partial charge is 0.490 e. The van der Waals surface area contributed by atoms with E-state index < -0.39 is 0 Å². The molecule has 3 rings (SSSR count). The van der Waals surface area contributed by atoms with Crippen LogP contribution in [0.3, 0.4) is 0 Å². The smallest absolute Gasteiger partial charge is 0.262 e. The van der Waals surface area contributed by atoms with Crippen molar-refractivity contribution in [2.75, 3.05) is 23.8 Å². The van der Waals surface area contributed by atoms with E-state index in [1.54, 1.807) is 12.1 Å². The van der Waals surface area contributed by atoms with Gasteiger partial charge in [0.25, 0.3) is 5.91 Å². The lowest BCUT2D eigenvalue weighted by Crippen LogP contribution is -2.20. The molecule has 0 saturated carbocycles. The molecule has 0 atom stereocenters. The molecule has 33 heavy (non-hydrogen) atoms. The van der Waals surface area contributed by atoms with Gasteiger partial charge in [-0.15, -0.1) is 0 Å². The number of ether oxygens (including phenoxy) is 2. The molecule has 0 spiro atoms. The fourth-order valence-electron chi connectivity index (χ4n) is 3.15. The summed E-state index contributed by atoms with van der Waals surface area (Å²) in [6.45, 7) is 6.78. The highest BCUT2D eigenvalue weighted by molar-refractivity contribution is 9.10. The molecule has 0 unspecified atom stereocenters. The molecule has 0 aromatic heterocycles. The van der Waals surface area contributed by atoms with Gasteiger partial charge in [0.1, 0.15) is 0 Å². The molecule has 2 N–H and O–H groups in total. The van der Waals surface area contributed by atoms with Crippen molar-refractivity contribution < 1.29 is 14.3 Å². The van der Waals surface area contributed by atoms with Crippen LogP contribution in [0, 0.1) is 13.8 Å². The highest BCUT2D eigenvalue weighted by Gasteiger charge is 2.15. The number of amides is 1. The maximum absolute atomic E-state index is 12.4. The molecule has 1 amide bonds. The molecule has 3 aromatic carbocycles. The molecular weight excluding hydrogens is 572 g/mol. The number of benzene rings is 3. The Kier molecular flexibility index (Phi) is 9.06. The molecule has 0 fully saturated rings. The van der Waals surface area contributed by atoms with Gasteiger partial charge in [-0.25, -0.2) is 0 Å². The average molecular weight is 597 g/mol. The minimum Gasteiger partial charge on any atom is -0.490 e. The van der Waals surface area contributed by atoms with Crippen molar-refractivity contribution >= 4 is 60.7 Å². The first-order valence-electron chi connectivity index (χ1n) is 10.4. The number of carbonyl (C=O) groups excluding carboxylic acids is 1. The average Bonchev–Trinajstić information content (AvgIpc) is 2.75. The van der Waals surface area contributed by atoms with Crippen molar-refractivity contribution in [1.29, 1.82) is 0 Å². The summed E-state index contributed by atoms with van der Waals surface area (Å²) in [5.41, 5.74) is 4.78. The van der Waals surface area contributed by atoms with Crippen molar-refractivity contribution in [1.82, 2.24) is 0 Å². The summed E-state index contributed by atoms with van der Waals surface area (Å²) in [6.07, 6.45) is 0. The van der Waals surface area contributed by atoms with Crippen LogP contribution in [-0.2, 0) is 11.3 Å². The van der Waals surface area contributed by atoms with Gasteiger partial charge in [0, 0.05) is 27.4 Å². The Morgan fingerprint density at radius 1 is 1.00 bits per heavy atom. The number of halogens is 3. The molecule has 0 radical (unpaired) electrons. The molecule has 8 heteroatoms. The van der Waals surface area contributed by atoms with Gasteiger partial charge in [0.05, 0.1) is 11.1 Å². The Labute approximate surface area is 216 Å². The fraction of sp³-hybridized carbons (Fsp3) is 0.240. The number of hydrogen-bond acceptors (Lipinski definition) is 4. The lowest BCUT2D eigenvalue weighted by molar-refractivity contribution is -0.118. The molecule has 0 heterocycles. The first-order chi connectivity index (χ1) is 15.8. The highest BCUT2D eigenvalue weighted by Crippen LogP contribution is 2.37. The monoisotopic (exact) mass is 594 g/mol. The molecular formula is C25H25Br2ClN2O3. The van der Waals surface area contributed by atoms with Crippen LogP contribution in [0.15, 0.2) is 57.5 Å². The zero-order valence-corrected chi connectivity index (χ0v) is 22.5. The summed E-state index contributed by atoms with van der Waals surface area (Å²) in [4.78, 5) is 12.4. The maximum atomic E-state index is 12.4. The van der Waals surface area contributed by atoms with Gasteiger partial charge < -0.3 is 20.1 Å². The van der Waals surface area contributed by atoms with Crippen LogP contribution in [-0.4, -0.2) is 19.1 Å². The maximum Gasteiger partial charge on any atom is 0.262 e. The topological polar surface area (TPSA) is 59.6 Å². The Bertz CT molecular complexity index is 1150. The normalized spacial score (nSPS) is 10.6. The van der Waals surface area contributed by atoms with Gasteiger partial charge in [-0.05, 0) is 95.9 Å². The van der Waals surface area contributed by atoms with Crippen LogP contribution >= 0.6 is 43.5 Å². The summed E-state index contributed by atoms with van der Waals surface area (Å²) in [5.74, 6) is 0.764. The Morgan fingerprint density at radius 3 is 2.48 bits per heavy atom. The van der Waals surface area contributed by atoms with E-state index in [2.05, 4.69) is 55.5 Å². The highest BCUT2D eigenvalue weighted by atomic mass is 79.9. The molecule has 0 aliphatic rings. The first-order valence-corrected chi connectivity index (χ1v) is 12.4. The first kappa shape index (κ1) is 25.4. The SMILES string of the molecule is CCOc1cc(CNc2ccc(Br)cc2C)cc(Br)c1OCC(=O)Nc1ccc(C)c(Cl)c1. The van der Waals surface area contributed by atoms with E-state index in [1.807, 2.05) is 44.2 Å². The second-order valence-electron chi connectivity index (χ2n) is 7.45. The third-order valence-electron chi connectivity index (χ3n) is 4.84. The summed E-state index contributed by atoms with van der Waals surface area (Å²) >= 11 is 13.2. The van der Waals surface area contributed by atoms with Crippen LogP contribution in [0.1, 0.15) is 23.6 Å². The Hall–Kier alpha value is -2.22. The minimum atomic E-state index is -0.291. The van der Waals surface area contributed by atoms with Crippen LogP contribution in [0.4, 0.5) is 11.4 Å². The second kappa shape index (κ2) is 11.8. The molecule has 5 nitrogen and oxygen atoms in total. The van der Waals surface area contributed by atoms with Crippen molar-refractivity contribution in [3.63, 3.8) is 0 Å². The van der Waals surface area contributed by atoms with Gasteiger partial charge in [-0.2, -0.15) is 0 Å². The zero-order chi connectivity index (χ0) is 24.0. The van der Waals surface area contributed by atoms with Gasteiger partial charge >= 0.3 is 0 Å². The van der Waals surface area contributed by atoms with E-state index in [0.717, 1.165) is 26.9 Å². The molecule has 3 aromatic rings. The summed E-state index contributed by atoms with van der Waals surface area (Å²) in [6, 6.07) is 15.3. The van der Waals surface area contributed by atoms with Gasteiger partial charge in [-0.1, -0.05) is 33.6 Å². The predicted molar refractivity (Wildman–Crippen MR) is 142 cm³/mol. The van der Waals surface area contributed by atoms with Gasteiger partial charge in [0.2, 0.25) is 0 Å². The number of anilines is 2. The van der Waals surface area contributed by atoms with E-state index in [1.165, 1.54) is 0 Å². The summed E-state index contributed by atoms with van der Waals surface area (Å²) in [7, 11) is 0. The number of nitrogens with one attached hydrogen (secondary N) is 2. The summed E-state index contributed by atoms with van der Waals surface area (Å²) in [5, 5.41) is 6.83. The standard InChI is InChI=1S/C25H25Br2ClN2O3/c1-4-32-23-11-17(13-29-22-8-6-18(26)9-16(22)3)10-20(27)25(23)33-14-24(31)30-19-7-5-15(2)21(28)12-19/h5-12,29H,4,13-14H2,1-3H3,(H,30,31). The minimum absolute atomic E-state index is 0.167. The van der Waals surface area contributed by atoms with Crippen molar-refractivity contribution in [2.45, 2.75) is 27.3 Å². The molecule has 174 valence electrons. The lowest BCUT2D eigenvalue weighted by atomic mass is 10.1. The van der Waals surface area contributed by atoms with Crippen LogP contribution in [0.2, 0.25) is 5.02 Å². The molecule has 0 saturated heterocycles. The van der Waals surface area contributed by atoms with E-state index in [0.29, 0.717) is 39.8 Å². The predicted octanol–water partition coefficient (Wildman–Crippen LogP) is 7.51. The van der Waals surface area contributed by atoms with E-state index in [-0.39, 0.29) is 12.5 Å². The molecule has 0 bridgehead atoms. The lowest BCUT2D eigenvalue weighted by Gasteiger charge is -2.16. The number of carbonyl (C=O) groups is 1. The third kappa shape index (κ3) is 7.13. The van der Waals surface area contributed by atoms with Crippen molar-refractivity contribution in [3.8, 4) is 11.5 Å². The van der Waals surface area contributed by atoms with E-state index in [9.17, 15) is 4.79 Å². The van der Waals surface area contributed by atoms with E-state index in [4.69, 9.17) is 21.1 Å². The molecule has 0 aliphatic carbocycles. The van der Waals surface area contributed by atoms with Crippen LogP contribution in [0.25, 0.3) is 0 Å². The number of hydrogen-bond donors (Lipinski definition) is 2. The van der Waals surface area contributed by atoms with Crippen LogP contribution < -0.4 is 20.1 Å². The molecule has 0 aliphatic heterocycles. The summed E-state index contributed by atoms with van der Waals surface area (Å²) < 4.78 is 13.4. The van der Waals surface area contributed by atoms with E-state index >= 15 is 0 Å². The zero-order valence-electron chi connectivity index (χ0n) is 18.6. The van der Waals surface area contributed by atoms with Crippen molar-refractivity contribution in [2.24, 2.45) is 0 Å². The number of rotatable bonds is 9. The van der Waals surface area contributed by atoms with Crippen molar-refractivity contribution in [3.05, 3.63) is 79.2 Å². The Balaban J connectivity index is 1.68. The quantitative estimate of drug-likeness (QED) is 0.268.